The van der Waals surface area contributed by atoms with E-state index in [4.69, 9.17) is 14.2 Å². The van der Waals surface area contributed by atoms with Gasteiger partial charge in [-0.3, -0.25) is 0 Å². The van der Waals surface area contributed by atoms with Crippen LogP contribution in [0.3, 0.4) is 0 Å². The molecule has 2 N–H and O–H groups in total. The molecule has 0 spiro atoms. The summed E-state index contributed by atoms with van der Waals surface area (Å²) in [5.74, 6) is 0.802. The van der Waals surface area contributed by atoms with Crippen LogP contribution in [0.4, 0.5) is 5.69 Å². The fraction of sp³-hybridized carbons (Fsp3) is 0.250. The highest BCUT2D eigenvalue weighted by Crippen LogP contribution is 2.41. The van der Waals surface area contributed by atoms with Gasteiger partial charge in [0.15, 0.2) is 0 Å². The van der Waals surface area contributed by atoms with Crippen molar-refractivity contribution >= 4 is 22.8 Å². The summed E-state index contributed by atoms with van der Waals surface area (Å²) in [5.41, 5.74) is 10.5. The SMILES string of the molecule is CCOc1nc2c(-c3c(C)ccc4c3C=CCN4)cc(-c3c(C)noc3C)cc2[nH]1. The van der Waals surface area contributed by atoms with E-state index in [0.717, 1.165) is 51.4 Å². The first-order valence-corrected chi connectivity index (χ1v) is 10.2. The fourth-order valence-electron chi connectivity index (χ4n) is 4.29. The van der Waals surface area contributed by atoms with Crippen molar-refractivity contribution in [1.29, 1.82) is 0 Å². The summed E-state index contributed by atoms with van der Waals surface area (Å²) in [4.78, 5) is 8.10. The molecule has 5 rings (SSSR count). The topological polar surface area (TPSA) is 76.0 Å². The standard InChI is InChI=1S/C24H24N4O2/c1-5-29-24-26-20-12-16(22-14(3)28-30-15(22)4)11-18(23(20)27-24)21-13(2)8-9-19-17(21)7-6-10-25-19/h6-9,11-12,25H,5,10H2,1-4H3,(H,26,27). The van der Waals surface area contributed by atoms with E-state index in [9.17, 15) is 0 Å². The molecule has 0 saturated carbocycles. The molecular weight excluding hydrogens is 376 g/mol. The lowest BCUT2D eigenvalue weighted by atomic mass is 9.89. The summed E-state index contributed by atoms with van der Waals surface area (Å²) in [5, 5.41) is 7.62. The molecule has 0 aliphatic carbocycles. The zero-order valence-corrected chi connectivity index (χ0v) is 17.6. The number of nitrogens with zero attached hydrogens (tertiary/aromatic N) is 2. The van der Waals surface area contributed by atoms with Crippen molar-refractivity contribution in [1.82, 2.24) is 15.1 Å². The summed E-state index contributed by atoms with van der Waals surface area (Å²) in [6.45, 7) is 9.40. The Morgan fingerprint density at radius 1 is 1.13 bits per heavy atom. The maximum absolute atomic E-state index is 5.68. The maximum atomic E-state index is 5.68. The third-order valence-electron chi connectivity index (χ3n) is 5.59. The van der Waals surface area contributed by atoms with Crippen LogP contribution in [0.1, 0.15) is 29.5 Å². The predicted octanol–water partition coefficient (Wildman–Crippen LogP) is 5.65. The van der Waals surface area contributed by atoms with Crippen LogP contribution < -0.4 is 10.1 Å². The van der Waals surface area contributed by atoms with E-state index in [1.165, 1.54) is 16.7 Å². The molecule has 0 atom stereocenters. The number of hydrogen-bond acceptors (Lipinski definition) is 5. The van der Waals surface area contributed by atoms with Gasteiger partial charge in [-0.15, -0.1) is 0 Å². The Labute approximate surface area is 175 Å². The number of anilines is 1. The average Bonchev–Trinajstić information content (AvgIpc) is 3.29. The average molecular weight is 400 g/mol. The third kappa shape index (κ3) is 2.87. The number of aromatic amines is 1. The minimum absolute atomic E-state index is 0.529. The van der Waals surface area contributed by atoms with Gasteiger partial charge in [-0.2, -0.15) is 4.98 Å². The van der Waals surface area contributed by atoms with Crippen LogP contribution in [0.15, 0.2) is 34.9 Å². The largest absolute Gasteiger partial charge is 0.465 e. The Morgan fingerprint density at radius 3 is 2.77 bits per heavy atom. The van der Waals surface area contributed by atoms with E-state index in [2.05, 4.69) is 58.8 Å². The molecule has 1 aliphatic heterocycles. The van der Waals surface area contributed by atoms with Crippen molar-refractivity contribution < 1.29 is 9.26 Å². The second kappa shape index (κ2) is 7.06. The lowest BCUT2D eigenvalue weighted by Gasteiger charge is -2.20. The predicted molar refractivity (Wildman–Crippen MR) is 120 cm³/mol. The molecule has 2 aromatic heterocycles. The number of ether oxygens (including phenoxy) is 1. The first-order valence-electron chi connectivity index (χ1n) is 10.2. The zero-order chi connectivity index (χ0) is 20.8. The van der Waals surface area contributed by atoms with E-state index >= 15 is 0 Å². The first kappa shape index (κ1) is 18.5. The molecule has 1 aliphatic rings. The summed E-state index contributed by atoms with van der Waals surface area (Å²) in [6.07, 6.45) is 4.34. The van der Waals surface area contributed by atoms with Crippen LogP contribution in [0, 0.1) is 20.8 Å². The van der Waals surface area contributed by atoms with E-state index in [0.29, 0.717) is 12.6 Å². The number of aromatic nitrogens is 3. The highest BCUT2D eigenvalue weighted by atomic mass is 16.5. The molecule has 152 valence electrons. The van der Waals surface area contributed by atoms with Gasteiger partial charge in [0, 0.05) is 28.9 Å². The molecule has 6 heteroatoms. The van der Waals surface area contributed by atoms with Gasteiger partial charge in [-0.1, -0.05) is 23.4 Å². The van der Waals surface area contributed by atoms with Gasteiger partial charge < -0.3 is 19.6 Å². The Balaban J connectivity index is 1.85. The molecule has 2 aromatic carbocycles. The van der Waals surface area contributed by atoms with E-state index < -0.39 is 0 Å². The minimum Gasteiger partial charge on any atom is -0.465 e. The molecule has 0 saturated heterocycles. The first-order chi connectivity index (χ1) is 14.6. The van der Waals surface area contributed by atoms with Crippen molar-refractivity contribution in [2.45, 2.75) is 27.7 Å². The Morgan fingerprint density at radius 2 is 2.00 bits per heavy atom. The van der Waals surface area contributed by atoms with Gasteiger partial charge in [0.1, 0.15) is 11.3 Å². The lowest BCUT2D eigenvalue weighted by Crippen LogP contribution is -2.06. The molecular formula is C24H24N4O2. The Kier molecular flexibility index (Phi) is 4.35. The van der Waals surface area contributed by atoms with Crippen LogP contribution in [0.25, 0.3) is 39.4 Å². The number of benzene rings is 2. The van der Waals surface area contributed by atoms with Crippen molar-refractivity contribution in [2.24, 2.45) is 0 Å². The van der Waals surface area contributed by atoms with E-state index in [-0.39, 0.29) is 0 Å². The number of rotatable bonds is 4. The number of hydrogen-bond donors (Lipinski definition) is 2. The van der Waals surface area contributed by atoms with Gasteiger partial charge in [0.25, 0.3) is 6.01 Å². The maximum Gasteiger partial charge on any atom is 0.294 e. The molecule has 0 fully saturated rings. The molecule has 0 unspecified atom stereocenters. The minimum atomic E-state index is 0.529. The number of imidazole rings is 1. The van der Waals surface area contributed by atoms with Crippen molar-refractivity contribution in [3.63, 3.8) is 0 Å². The summed E-state index contributed by atoms with van der Waals surface area (Å²) in [6, 6.07) is 9.12. The van der Waals surface area contributed by atoms with Crippen molar-refractivity contribution in [2.75, 3.05) is 18.5 Å². The van der Waals surface area contributed by atoms with E-state index in [1.807, 2.05) is 20.8 Å². The smallest absolute Gasteiger partial charge is 0.294 e. The summed E-state index contributed by atoms with van der Waals surface area (Å²) in [7, 11) is 0. The monoisotopic (exact) mass is 400 g/mol. The number of nitrogens with one attached hydrogen (secondary N) is 2. The Bertz CT molecular complexity index is 1280. The van der Waals surface area contributed by atoms with Gasteiger partial charge in [0.05, 0.1) is 17.8 Å². The van der Waals surface area contributed by atoms with Crippen molar-refractivity contribution in [3.05, 3.63) is 52.9 Å². The quantitative estimate of drug-likeness (QED) is 0.463. The normalized spacial score (nSPS) is 12.8. The second-order valence-corrected chi connectivity index (χ2v) is 7.60. The molecule has 0 bridgehead atoms. The van der Waals surface area contributed by atoms with Crippen molar-refractivity contribution in [3.8, 4) is 28.3 Å². The summed E-state index contributed by atoms with van der Waals surface area (Å²) < 4.78 is 11.1. The van der Waals surface area contributed by atoms with Gasteiger partial charge in [-0.25, -0.2) is 0 Å². The zero-order valence-electron chi connectivity index (χ0n) is 17.6. The number of H-pyrrole nitrogens is 1. The molecule has 0 amide bonds. The van der Waals surface area contributed by atoms with Gasteiger partial charge in [0.2, 0.25) is 0 Å². The molecule has 6 nitrogen and oxygen atoms in total. The fourth-order valence-corrected chi connectivity index (χ4v) is 4.29. The highest BCUT2D eigenvalue weighted by molar-refractivity contribution is 6.01. The van der Waals surface area contributed by atoms with Crippen LogP contribution in [-0.2, 0) is 0 Å². The second-order valence-electron chi connectivity index (χ2n) is 7.60. The van der Waals surface area contributed by atoms with Crippen LogP contribution in [-0.4, -0.2) is 28.3 Å². The molecule has 3 heterocycles. The van der Waals surface area contributed by atoms with Gasteiger partial charge >= 0.3 is 0 Å². The molecule has 0 radical (unpaired) electrons. The van der Waals surface area contributed by atoms with Gasteiger partial charge in [-0.05, 0) is 62.6 Å². The van der Waals surface area contributed by atoms with E-state index in [1.54, 1.807) is 0 Å². The van der Waals surface area contributed by atoms with Crippen LogP contribution in [0.5, 0.6) is 6.01 Å². The third-order valence-corrected chi connectivity index (χ3v) is 5.59. The Hall–Kier alpha value is -3.54. The van der Waals surface area contributed by atoms with Crippen LogP contribution in [0.2, 0.25) is 0 Å². The molecule has 4 aromatic rings. The lowest BCUT2D eigenvalue weighted by molar-refractivity contribution is 0.317. The number of fused-ring (bicyclic) bond motifs is 2. The highest BCUT2D eigenvalue weighted by Gasteiger charge is 2.21. The van der Waals surface area contributed by atoms with Crippen LogP contribution >= 0.6 is 0 Å². The number of aryl methyl sites for hydroxylation is 3. The molecule has 30 heavy (non-hydrogen) atoms. The summed E-state index contributed by atoms with van der Waals surface area (Å²) >= 11 is 0.